The minimum atomic E-state index is 0.0385. The summed E-state index contributed by atoms with van der Waals surface area (Å²) >= 11 is 2.33. The predicted molar refractivity (Wildman–Crippen MR) is 57.5 cm³/mol. The number of nitrogens with zero attached hydrogens (tertiary/aromatic N) is 3. The van der Waals surface area contributed by atoms with E-state index in [2.05, 4.69) is 60.6 Å². The van der Waals surface area contributed by atoms with Crippen LogP contribution in [0.25, 0.3) is 0 Å². The van der Waals surface area contributed by atoms with Crippen LogP contribution in [0, 0.1) is 0 Å². The van der Waals surface area contributed by atoms with Gasteiger partial charge in [-0.05, 0) is 27.7 Å². The molecule has 1 aromatic rings. The van der Waals surface area contributed by atoms with Crippen molar-refractivity contribution < 1.29 is 0 Å². The van der Waals surface area contributed by atoms with E-state index in [9.17, 15) is 0 Å². The second-order valence-corrected chi connectivity index (χ2v) is 5.74. The highest BCUT2D eigenvalue weighted by Gasteiger charge is 2.16. The Hall–Kier alpha value is -0.130. The van der Waals surface area contributed by atoms with Crippen LogP contribution in [0.4, 0.5) is 0 Å². The average Bonchev–Trinajstić information content (AvgIpc) is 2.30. The zero-order chi connectivity index (χ0) is 9.35. The number of halogens is 1. The first kappa shape index (κ1) is 9.95. The summed E-state index contributed by atoms with van der Waals surface area (Å²) in [5, 5.41) is 8.16. The van der Waals surface area contributed by atoms with Gasteiger partial charge >= 0.3 is 0 Å². The monoisotopic (exact) mass is 279 g/mol. The first-order valence-corrected chi connectivity index (χ1v) is 5.22. The zero-order valence-corrected chi connectivity index (χ0v) is 10.0. The molecule has 0 spiro atoms. The molecular weight excluding hydrogens is 265 g/mol. The normalized spacial score (nSPS) is 14.8. The number of hydrogen-bond acceptors (Lipinski definition) is 2. The van der Waals surface area contributed by atoms with Crippen molar-refractivity contribution in [3.05, 3.63) is 11.9 Å². The second-order valence-electron chi connectivity index (χ2n) is 3.87. The van der Waals surface area contributed by atoms with Crippen molar-refractivity contribution >= 4 is 22.6 Å². The van der Waals surface area contributed by atoms with Gasteiger partial charge < -0.3 is 0 Å². The van der Waals surface area contributed by atoms with Crippen molar-refractivity contribution in [3.63, 3.8) is 0 Å². The molecule has 0 fully saturated rings. The van der Waals surface area contributed by atoms with Gasteiger partial charge in [0.1, 0.15) is 0 Å². The fourth-order valence-corrected chi connectivity index (χ4v) is 1.07. The highest BCUT2D eigenvalue weighted by molar-refractivity contribution is 14.1. The van der Waals surface area contributed by atoms with Gasteiger partial charge in [0.25, 0.3) is 0 Å². The summed E-state index contributed by atoms with van der Waals surface area (Å²) in [6.45, 7) is 8.45. The Bertz CT molecular complexity index is 260. The maximum atomic E-state index is 4.09. The molecule has 0 saturated carbocycles. The van der Waals surface area contributed by atoms with Gasteiger partial charge in [0.05, 0.1) is 21.4 Å². The standard InChI is InChI=1S/C8H14IN3/c1-6(9)7-5-12(11-10-7)8(2,3)4/h5-6H,1-4H3. The molecule has 0 aliphatic heterocycles. The quantitative estimate of drug-likeness (QED) is 0.584. The number of aromatic nitrogens is 3. The van der Waals surface area contributed by atoms with Gasteiger partial charge in [-0.1, -0.05) is 27.8 Å². The van der Waals surface area contributed by atoms with Crippen LogP contribution < -0.4 is 0 Å². The van der Waals surface area contributed by atoms with Crippen molar-refractivity contribution in [2.45, 2.75) is 37.2 Å². The molecule has 3 nitrogen and oxygen atoms in total. The van der Waals surface area contributed by atoms with Crippen LogP contribution in [0.5, 0.6) is 0 Å². The molecule has 1 unspecified atom stereocenters. The Labute approximate surface area is 86.7 Å². The first-order chi connectivity index (χ1) is 5.41. The highest BCUT2D eigenvalue weighted by atomic mass is 127. The van der Waals surface area contributed by atoms with Gasteiger partial charge in [0, 0.05) is 0 Å². The SMILES string of the molecule is CC(I)c1cn(C(C)(C)C)nn1. The maximum Gasteiger partial charge on any atom is 0.0952 e. The van der Waals surface area contributed by atoms with Crippen LogP contribution in [0.1, 0.15) is 37.3 Å². The average molecular weight is 279 g/mol. The summed E-state index contributed by atoms with van der Waals surface area (Å²) in [5.41, 5.74) is 1.09. The number of hydrogen-bond donors (Lipinski definition) is 0. The lowest BCUT2D eigenvalue weighted by atomic mass is 10.1. The molecule has 12 heavy (non-hydrogen) atoms. The lowest BCUT2D eigenvalue weighted by Crippen LogP contribution is -2.22. The third-order valence-corrected chi connectivity index (χ3v) is 2.24. The molecule has 0 amide bonds. The van der Waals surface area contributed by atoms with Crippen LogP contribution in [-0.4, -0.2) is 15.0 Å². The van der Waals surface area contributed by atoms with Crippen LogP contribution >= 0.6 is 22.6 Å². The van der Waals surface area contributed by atoms with Crippen molar-refractivity contribution in [3.8, 4) is 0 Å². The van der Waals surface area contributed by atoms with E-state index in [1.165, 1.54) is 0 Å². The van der Waals surface area contributed by atoms with Gasteiger partial charge in [0.15, 0.2) is 0 Å². The molecule has 68 valence electrons. The molecule has 0 aliphatic carbocycles. The summed E-state index contributed by atoms with van der Waals surface area (Å²) in [6.07, 6.45) is 2.01. The number of rotatable bonds is 1. The van der Waals surface area contributed by atoms with E-state index in [4.69, 9.17) is 0 Å². The smallest absolute Gasteiger partial charge is 0.0952 e. The Morgan fingerprint density at radius 3 is 2.33 bits per heavy atom. The Morgan fingerprint density at radius 1 is 1.50 bits per heavy atom. The molecule has 1 heterocycles. The van der Waals surface area contributed by atoms with E-state index in [1.54, 1.807) is 0 Å². The molecule has 0 aliphatic rings. The van der Waals surface area contributed by atoms with Crippen LogP contribution in [0.2, 0.25) is 0 Å². The molecule has 1 atom stereocenters. The Balaban J connectivity index is 2.92. The third kappa shape index (κ3) is 2.18. The van der Waals surface area contributed by atoms with E-state index < -0.39 is 0 Å². The highest BCUT2D eigenvalue weighted by Crippen LogP contribution is 2.21. The fraction of sp³-hybridized carbons (Fsp3) is 0.750. The summed E-state index contributed by atoms with van der Waals surface area (Å²) in [6, 6.07) is 0. The third-order valence-electron chi connectivity index (χ3n) is 1.61. The topological polar surface area (TPSA) is 30.7 Å². The Morgan fingerprint density at radius 2 is 2.08 bits per heavy atom. The van der Waals surface area contributed by atoms with Gasteiger partial charge in [-0.15, -0.1) is 5.10 Å². The minimum Gasteiger partial charge on any atom is -0.247 e. The lowest BCUT2D eigenvalue weighted by Gasteiger charge is -2.17. The van der Waals surface area contributed by atoms with Crippen molar-refractivity contribution in [1.82, 2.24) is 15.0 Å². The van der Waals surface area contributed by atoms with E-state index in [1.807, 2.05) is 10.9 Å². The van der Waals surface area contributed by atoms with Crippen molar-refractivity contribution in [1.29, 1.82) is 0 Å². The summed E-state index contributed by atoms with van der Waals surface area (Å²) < 4.78 is 2.33. The molecule has 0 bridgehead atoms. The second kappa shape index (κ2) is 3.32. The first-order valence-electron chi connectivity index (χ1n) is 3.98. The molecule has 0 saturated heterocycles. The maximum absolute atomic E-state index is 4.09. The summed E-state index contributed by atoms with van der Waals surface area (Å²) in [5.74, 6) is 0. The van der Waals surface area contributed by atoms with E-state index in [0.717, 1.165) is 5.69 Å². The van der Waals surface area contributed by atoms with Gasteiger partial charge in [-0.2, -0.15) is 0 Å². The molecule has 1 aromatic heterocycles. The molecule has 1 rings (SSSR count). The zero-order valence-electron chi connectivity index (χ0n) is 7.87. The fourth-order valence-electron chi connectivity index (χ4n) is 0.787. The van der Waals surface area contributed by atoms with Crippen LogP contribution in [0.15, 0.2) is 6.20 Å². The van der Waals surface area contributed by atoms with Gasteiger partial charge in [-0.3, -0.25) is 0 Å². The van der Waals surface area contributed by atoms with Gasteiger partial charge in [-0.25, -0.2) is 4.68 Å². The Kier molecular flexibility index (Phi) is 2.75. The van der Waals surface area contributed by atoms with Crippen molar-refractivity contribution in [2.24, 2.45) is 0 Å². The van der Waals surface area contributed by atoms with Crippen LogP contribution in [-0.2, 0) is 5.54 Å². The largest absolute Gasteiger partial charge is 0.247 e. The lowest BCUT2D eigenvalue weighted by molar-refractivity contribution is 0.347. The van der Waals surface area contributed by atoms with Crippen molar-refractivity contribution in [2.75, 3.05) is 0 Å². The van der Waals surface area contributed by atoms with Gasteiger partial charge in [0.2, 0.25) is 0 Å². The predicted octanol–water partition coefficient (Wildman–Crippen LogP) is 2.53. The molecule has 0 aromatic carbocycles. The molecule has 0 N–H and O–H groups in total. The van der Waals surface area contributed by atoms with E-state index >= 15 is 0 Å². The summed E-state index contributed by atoms with van der Waals surface area (Å²) in [7, 11) is 0. The molecule has 0 radical (unpaired) electrons. The molecular formula is C8H14IN3. The number of alkyl halides is 1. The van der Waals surface area contributed by atoms with E-state index in [0.29, 0.717) is 3.92 Å². The minimum absolute atomic E-state index is 0.0385. The van der Waals surface area contributed by atoms with Crippen LogP contribution in [0.3, 0.4) is 0 Å². The summed E-state index contributed by atoms with van der Waals surface area (Å²) in [4.78, 5) is 0. The molecule has 4 heteroatoms. The van der Waals surface area contributed by atoms with E-state index in [-0.39, 0.29) is 5.54 Å².